The van der Waals surface area contributed by atoms with E-state index in [0.29, 0.717) is 24.1 Å². The molecular formula is C12H14F3NO2. The summed E-state index contributed by atoms with van der Waals surface area (Å²) < 4.78 is 41.3. The summed E-state index contributed by atoms with van der Waals surface area (Å²) in [5.41, 5.74) is -0.177. The molecule has 0 aliphatic heterocycles. The number of ether oxygens (including phenoxy) is 1. The predicted molar refractivity (Wildman–Crippen MR) is 58.3 cm³/mol. The maximum atomic E-state index is 12.2. The molecule has 1 aromatic heterocycles. The van der Waals surface area contributed by atoms with Crippen LogP contribution in [-0.4, -0.2) is 22.9 Å². The first-order valence-corrected chi connectivity index (χ1v) is 5.69. The summed E-state index contributed by atoms with van der Waals surface area (Å²) in [5.74, 6) is 0.0713. The number of pyridine rings is 1. The molecule has 0 bridgehead atoms. The lowest BCUT2D eigenvalue weighted by molar-refractivity contribution is -0.154. The van der Waals surface area contributed by atoms with E-state index in [0.717, 1.165) is 6.42 Å². The van der Waals surface area contributed by atoms with Gasteiger partial charge in [-0.1, -0.05) is 0 Å². The van der Waals surface area contributed by atoms with Gasteiger partial charge in [-0.3, -0.25) is 4.98 Å². The quantitative estimate of drug-likeness (QED) is 0.909. The SMILES string of the molecule is Cc1cc(OCC(F)(F)F)c(C2(O)CCC2)cn1. The number of hydrogen-bond donors (Lipinski definition) is 1. The molecule has 1 heterocycles. The molecule has 0 spiro atoms. The van der Waals surface area contributed by atoms with E-state index < -0.39 is 18.4 Å². The Bertz CT molecular complexity index is 441. The van der Waals surface area contributed by atoms with E-state index in [9.17, 15) is 18.3 Å². The Kier molecular flexibility index (Phi) is 3.23. The van der Waals surface area contributed by atoms with Crippen LogP contribution >= 0.6 is 0 Å². The number of aliphatic hydroxyl groups is 1. The van der Waals surface area contributed by atoms with Gasteiger partial charge in [-0.25, -0.2) is 0 Å². The minimum atomic E-state index is -4.39. The van der Waals surface area contributed by atoms with Gasteiger partial charge >= 0.3 is 6.18 Å². The Hall–Kier alpha value is -1.30. The number of alkyl halides is 3. The van der Waals surface area contributed by atoms with Gasteiger partial charge in [0.05, 0.1) is 5.60 Å². The van der Waals surface area contributed by atoms with Crippen molar-refractivity contribution in [2.75, 3.05) is 6.61 Å². The Morgan fingerprint density at radius 1 is 1.44 bits per heavy atom. The van der Waals surface area contributed by atoms with Crippen molar-refractivity contribution in [1.29, 1.82) is 0 Å². The van der Waals surface area contributed by atoms with E-state index in [2.05, 4.69) is 4.98 Å². The van der Waals surface area contributed by atoms with Gasteiger partial charge in [-0.2, -0.15) is 13.2 Å². The molecule has 2 rings (SSSR count). The first kappa shape index (κ1) is 13.1. The maximum absolute atomic E-state index is 12.2. The van der Waals surface area contributed by atoms with Crippen LogP contribution in [-0.2, 0) is 5.60 Å². The molecule has 0 aromatic carbocycles. The summed E-state index contributed by atoms with van der Waals surface area (Å²) >= 11 is 0. The first-order valence-electron chi connectivity index (χ1n) is 5.69. The smallest absolute Gasteiger partial charge is 0.422 e. The highest BCUT2D eigenvalue weighted by Gasteiger charge is 2.39. The molecule has 0 saturated heterocycles. The molecule has 6 heteroatoms. The summed E-state index contributed by atoms with van der Waals surface area (Å²) in [5, 5.41) is 10.2. The second-order valence-corrected chi connectivity index (χ2v) is 4.61. The number of aromatic nitrogens is 1. The first-order chi connectivity index (χ1) is 8.30. The summed E-state index contributed by atoms with van der Waals surface area (Å²) in [6, 6.07) is 1.43. The molecule has 100 valence electrons. The van der Waals surface area contributed by atoms with Crippen LogP contribution in [0, 0.1) is 6.92 Å². The Labute approximate surface area is 103 Å². The van der Waals surface area contributed by atoms with Crippen LogP contribution < -0.4 is 4.74 Å². The highest BCUT2D eigenvalue weighted by molar-refractivity contribution is 5.38. The van der Waals surface area contributed by atoms with E-state index in [1.54, 1.807) is 6.92 Å². The largest absolute Gasteiger partial charge is 0.484 e. The maximum Gasteiger partial charge on any atom is 0.422 e. The third-order valence-corrected chi connectivity index (χ3v) is 3.08. The Morgan fingerprint density at radius 3 is 2.61 bits per heavy atom. The number of nitrogens with zero attached hydrogens (tertiary/aromatic N) is 1. The molecule has 0 atom stereocenters. The normalized spacial score (nSPS) is 18.3. The molecule has 1 aliphatic carbocycles. The molecule has 1 fully saturated rings. The average molecular weight is 261 g/mol. The van der Waals surface area contributed by atoms with E-state index in [4.69, 9.17) is 4.74 Å². The molecular weight excluding hydrogens is 247 g/mol. The minimum absolute atomic E-state index is 0.0713. The topological polar surface area (TPSA) is 42.4 Å². The lowest BCUT2D eigenvalue weighted by Gasteiger charge is -2.37. The standard InChI is InChI=1S/C12H14F3NO2/c1-8-5-10(18-7-12(13,14)15)9(6-16-8)11(17)3-2-4-11/h5-6,17H,2-4,7H2,1H3. The van der Waals surface area contributed by atoms with Crippen molar-refractivity contribution in [3.63, 3.8) is 0 Å². The molecule has 0 unspecified atom stereocenters. The van der Waals surface area contributed by atoms with Crippen LogP contribution in [0.5, 0.6) is 5.75 Å². The number of aryl methyl sites for hydroxylation is 1. The van der Waals surface area contributed by atoms with Gasteiger partial charge in [0.15, 0.2) is 6.61 Å². The van der Waals surface area contributed by atoms with Crippen molar-refractivity contribution in [3.8, 4) is 5.75 Å². The summed E-state index contributed by atoms with van der Waals surface area (Å²) in [4.78, 5) is 4.01. The molecule has 1 aromatic rings. The van der Waals surface area contributed by atoms with Crippen LogP contribution in [0.15, 0.2) is 12.3 Å². The molecule has 0 amide bonds. The molecule has 1 aliphatic rings. The molecule has 0 radical (unpaired) electrons. The predicted octanol–water partition coefficient (Wildman–Crippen LogP) is 2.70. The van der Waals surface area contributed by atoms with Gasteiger partial charge in [0.1, 0.15) is 5.75 Å². The van der Waals surface area contributed by atoms with Gasteiger partial charge in [0, 0.05) is 23.5 Å². The third-order valence-electron chi connectivity index (χ3n) is 3.08. The lowest BCUT2D eigenvalue weighted by atomic mass is 9.75. The van der Waals surface area contributed by atoms with Crippen LogP contribution in [0.4, 0.5) is 13.2 Å². The van der Waals surface area contributed by atoms with Crippen LogP contribution in [0.3, 0.4) is 0 Å². The van der Waals surface area contributed by atoms with E-state index in [1.165, 1.54) is 12.3 Å². The zero-order chi connectivity index (χ0) is 13.4. The molecule has 1 saturated carbocycles. The molecule has 3 nitrogen and oxygen atoms in total. The highest BCUT2D eigenvalue weighted by Crippen LogP contribution is 2.44. The lowest BCUT2D eigenvalue weighted by Crippen LogP contribution is -2.34. The van der Waals surface area contributed by atoms with Gasteiger partial charge in [-0.15, -0.1) is 0 Å². The van der Waals surface area contributed by atoms with Crippen molar-refractivity contribution < 1.29 is 23.0 Å². The fourth-order valence-corrected chi connectivity index (χ4v) is 1.94. The Balaban J connectivity index is 2.24. The van der Waals surface area contributed by atoms with Gasteiger partial charge in [0.25, 0.3) is 0 Å². The second kappa shape index (κ2) is 4.42. The van der Waals surface area contributed by atoms with Crippen molar-refractivity contribution in [3.05, 3.63) is 23.5 Å². The van der Waals surface area contributed by atoms with Crippen molar-refractivity contribution >= 4 is 0 Å². The van der Waals surface area contributed by atoms with Crippen LogP contribution in [0.25, 0.3) is 0 Å². The number of rotatable bonds is 3. The van der Waals surface area contributed by atoms with Crippen LogP contribution in [0.2, 0.25) is 0 Å². The number of halogens is 3. The van der Waals surface area contributed by atoms with Crippen LogP contribution in [0.1, 0.15) is 30.5 Å². The van der Waals surface area contributed by atoms with E-state index >= 15 is 0 Å². The zero-order valence-corrected chi connectivity index (χ0v) is 9.92. The Morgan fingerprint density at radius 2 is 2.11 bits per heavy atom. The van der Waals surface area contributed by atoms with Gasteiger partial charge in [0.2, 0.25) is 0 Å². The van der Waals surface area contributed by atoms with Crippen molar-refractivity contribution in [2.45, 2.75) is 38.0 Å². The summed E-state index contributed by atoms with van der Waals surface area (Å²) in [7, 11) is 0. The van der Waals surface area contributed by atoms with E-state index in [1.807, 2.05) is 0 Å². The zero-order valence-electron chi connectivity index (χ0n) is 9.92. The van der Waals surface area contributed by atoms with Crippen molar-refractivity contribution in [2.24, 2.45) is 0 Å². The summed E-state index contributed by atoms with van der Waals surface area (Å²) in [6.45, 7) is 0.300. The van der Waals surface area contributed by atoms with Crippen molar-refractivity contribution in [1.82, 2.24) is 4.98 Å². The summed E-state index contributed by atoms with van der Waals surface area (Å²) in [6.07, 6.45) is -1.08. The fraction of sp³-hybridized carbons (Fsp3) is 0.583. The van der Waals surface area contributed by atoms with Gasteiger partial charge < -0.3 is 9.84 Å². The van der Waals surface area contributed by atoms with E-state index in [-0.39, 0.29) is 5.75 Å². The minimum Gasteiger partial charge on any atom is -0.484 e. The molecule has 1 N–H and O–H groups in total. The fourth-order valence-electron chi connectivity index (χ4n) is 1.94. The van der Waals surface area contributed by atoms with Gasteiger partial charge in [-0.05, 0) is 26.2 Å². The second-order valence-electron chi connectivity index (χ2n) is 4.61. The highest BCUT2D eigenvalue weighted by atomic mass is 19.4. The molecule has 18 heavy (non-hydrogen) atoms. The average Bonchev–Trinajstić information content (AvgIpc) is 2.22. The third kappa shape index (κ3) is 2.75. The monoisotopic (exact) mass is 261 g/mol. The number of hydrogen-bond acceptors (Lipinski definition) is 3.